The standard InChI is InChI=1S/C18H26N2O/c1-17(2,3)15-10-8-7-9-14(15)16-20-13(12-21-16)11-19-18(4,5)6/h7-10,12,19H,11H2,1-6H3. The van der Waals surface area contributed by atoms with Crippen LogP contribution in [0, 0.1) is 0 Å². The third-order valence-electron chi connectivity index (χ3n) is 3.32. The van der Waals surface area contributed by atoms with E-state index in [2.05, 4.69) is 70.0 Å². The SMILES string of the molecule is CC(C)(C)NCc1coc(-c2ccccc2C(C)(C)C)n1. The second kappa shape index (κ2) is 5.64. The van der Waals surface area contributed by atoms with Gasteiger partial charge in [-0.05, 0) is 37.8 Å². The average molecular weight is 286 g/mol. The van der Waals surface area contributed by atoms with E-state index in [9.17, 15) is 0 Å². The molecular formula is C18H26N2O. The van der Waals surface area contributed by atoms with E-state index in [1.807, 2.05) is 6.07 Å². The minimum absolute atomic E-state index is 0.0644. The van der Waals surface area contributed by atoms with Crippen LogP contribution < -0.4 is 5.32 Å². The molecule has 1 heterocycles. The molecule has 0 bridgehead atoms. The van der Waals surface area contributed by atoms with E-state index in [-0.39, 0.29) is 11.0 Å². The van der Waals surface area contributed by atoms with Crippen LogP contribution in [-0.4, -0.2) is 10.5 Å². The molecule has 0 radical (unpaired) electrons. The number of oxazole rings is 1. The fourth-order valence-electron chi connectivity index (χ4n) is 2.19. The number of nitrogens with one attached hydrogen (secondary N) is 1. The normalized spacial score (nSPS) is 12.7. The number of hydrogen-bond donors (Lipinski definition) is 1. The third kappa shape index (κ3) is 4.18. The fourth-order valence-corrected chi connectivity index (χ4v) is 2.19. The topological polar surface area (TPSA) is 38.1 Å². The van der Waals surface area contributed by atoms with Gasteiger partial charge in [-0.3, -0.25) is 0 Å². The van der Waals surface area contributed by atoms with Crippen LogP contribution in [-0.2, 0) is 12.0 Å². The highest BCUT2D eigenvalue weighted by molar-refractivity contribution is 5.60. The van der Waals surface area contributed by atoms with Gasteiger partial charge < -0.3 is 9.73 Å². The number of rotatable bonds is 3. The van der Waals surface area contributed by atoms with Crippen molar-refractivity contribution in [1.82, 2.24) is 10.3 Å². The van der Waals surface area contributed by atoms with Gasteiger partial charge in [0.1, 0.15) is 6.26 Å². The first-order valence-electron chi connectivity index (χ1n) is 7.46. The van der Waals surface area contributed by atoms with Gasteiger partial charge in [-0.1, -0.05) is 39.0 Å². The minimum atomic E-state index is 0.0644. The molecule has 0 unspecified atom stereocenters. The van der Waals surface area contributed by atoms with Gasteiger partial charge >= 0.3 is 0 Å². The van der Waals surface area contributed by atoms with Gasteiger partial charge in [0.05, 0.1) is 5.69 Å². The predicted molar refractivity (Wildman–Crippen MR) is 87.2 cm³/mol. The zero-order valence-electron chi connectivity index (χ0n) is 13.9. The Hall–Kier alpha value is -1.61. The zero-order chi connectivity index (χ0) is 15.7. The largest absolute Gasteiger partial charge is 0.444 e. The van der Waals surface area contributed by atoms with E-state index in [4.69, 9.17) is 4.42 Å². The van der Waals surface area contributed by atoms with Crippen LogP contribution in [0.15, 0.2) is 34.9 Å². The highest BCUT2D eigenvalue weighted by Crippen LogP contribution is 2.32. The van der Waals surface area contributed by atoms with Crippen molar-refractivity contribution in [3.8, 4) is 11.5 Å². The van der Waals surface area contributed by atoms with Crippen LogP contribution in [0.1, 0.15) is 52.8 Å². The van der Waals surface area contributed by atoms with Crippen molar-refractivity contribution in [3.63, 3.8) is 0 Å². The third-order valence-corrected chi connectivity index (χ3v) is 3.32. The summed E-state index contributed by atoms with van der Waals surface area (Å²) in [4.78, 5) is 4.63. The van der Waals surface area contributed by atoms with Gasteiger partial charge in [0, 0.05) is 17.6 Å². The number of nitrogens with zero attached hydrogens (tertiary/aromatic N) is 1. The summed E-state index contributed by atoms with van der Waals surface area (Å²) in [5.41, 5.74) is 3.40. The van der Waals surface area contributed by atoms with Crippen molar-refractivity contribution < 1.29 is 4.42 Å². The van der Waals surface area contributed by atoms with Gasteiger partial charge in [0.2, 0.25) is 5.89 Å². The van der Waals surface area contributed by atoms with E-state index in [0.717, 1.165) is 11.3 Å². The highest BCUT2D eigenvalue weighted by Gasteiger charge is 2.21. The first-order chi connectivity index (χ1) is 9.67. The van der Waals surface area contributed by atoms with Crippen LogP contribution in [0.5, 0.6) is 0 Å². The first-order valence-corrected chi connectivity index (χ1v) is 7.46. The molecule has 0 amide bonds. The minimum Gasteiger partial charge on any atom is -0.444 e. The first kappa shape index (κ1) is 15.8. The molecule has 21 heavy (non-hydrogen) atoms. The zero-order valence-corrected chi connectivity index (χ0v) is 13.9. The number of benzene rings is 1. The Kier molecular flexibility index (Phi) is 4.24. The van der Waals surface area contributed by atoms with Crippen molar-refractivity contribution in [2.45, 2.75) is 59.0 Å². The molecule has 0 fully saturated rings. The molecule has 1 N–H and O–H groups in total. The molecule has 0 aliphatic heterocycles. The van der Waals surface area contributed by atoms with Gasteiger partial charge in [-0.2, -0.15) is 0 Å². The number of hydrogen-bond acceptors (Lipinski definition) is 3. The maximum atomic E-state index is 5.70. The Bertz CT molecular complexity index is 600. The van der Waals surface area contributed by atoms with Crippen LogP contribution in [0.2, 0.25) is 0 Å². The summed E-state index contributed by atoms with van der Waals surface area (Å²) in [5, 5.41) is 3.43. The van der Waals surface area contributed by atoms with Crippen molar-refractivity contribution in [2.75, 3.05) is 0 Å². The van der Waals surface area contributed by atoms with E-state index < -0.39 is 0 Å². The summed E-state index contributed by atoms with van der Waals surface area (Å²) in [6, 6.07) is 8.32. The van der Waals surface area contributed by atoms with Crippen LogP contribution in [0.3, 0.4) is 0 Å². The molecule has 3 nitrogen and oxygen atoms in total. The molecule has 2 aromatic rings. The molecule has 1 aromatic carbocycles. The number of aromatic nitrogens is 1. The fraction of sp³-hybridized carbons (Fsp3) is 0.500. The quantitative estimate of drug-likeness (QED) is 0.901. The molecule has 0 saturated heterocycles. The summed E-state index contributed by atoms with van der Waals surface area (Å²) >= 11 is 0. The van der Waals surface area contributed by atoms with Crippen molar-refractivity contribution in [1.29, 1.82) is 0 Å². The Labute approximate surface area is 127 Å². The monoisotopic (exact) mass is 286 g/mol. The molecule has 0 aliphatic carbocycles. The lowest BCUT2D eigenvalue weighted by Crippen LogP contribution is -2.35. The molecule has 0 spiro atoms. The molecule has 0 aliphatic rings. The van der Waals surface area contributed by atoms with Crippen molar-refractivity contribution in [2.24, 2.45) is 0 Å². The highest BCUT2D eigenvalue weighted by atomic mass is 16.3. The van der Waals surface area contributed by atoms with Crippen molar-refractivity contribution in [3.05, 3.63) is 41.8 Å². The molecular weight excluding hydrogens is 260 g/mol. The maximum absolute atomic E-state index is 5.70. The smallest absolute Gasteiger partial charge is 0.226 e. The van der Waals surface area contributed by atoms with Crippen LogP contribution >= 0.6 is 0 Å². The van der Waals surface area contributed by atoms with E-state index in [1.165, 1.54) is 5.56 Å². The van der Waals surface area contributed by atoms with Gasteiger partial charge in [-0.25, -0.2) is 4.98 Å². The van der Waals surface area contributed by atoms with E-state index >= 15 is 0 Å². The van der Waals surface area contributed by atoms with E-state index in [0.29, 0.717) is 12.4 Å². The van der Waals surface area contributed by atoms with E-state index in [1.54, 1.807) is 6.26 Å². The Morgan fingerprint density at radius 2 is 1.71 bits per heavy atom. The molecule has 3 heteroatoms. The van der Waals surface area contributed by atoms with Crippen LogP contribution in [0.4, 0.5) is 0 Å². The molecule has 0 atom stereocenters. The van der Waals surface area contributed by atoms with Gasteiger partial charge in [-0.15, -0.1) is 0 Å². The summed E-state index contributed by atoms with van der Waals surface area (Å²) in [6.07, 6.45) is 1.74. The molecule has 0 saturated carbocycles. The lowest BCUT2D eigenvalue weighted by atomic mass is 9.84. The van der Waals surface area contributed by atoms with Crippen molar-refractivity contribution >= 4 is 0 Å². The molecule has 114 valence electrons. The lowest BCUT2D eigenvalue weighted by molar-refractivity contribution is 0.421. The second-order valence-corrected chi connectivity index (χ2v) is 7.54. The lowest BCUT2D eigenvalue weighted by Gasteiger charge is -2.21. The van der Waals surface area contributed by atoms with Gasteiger partial charge in [0.25, 0.3) is 0 Å². The average Bonchev–Trinajstić information content (AvgIpc) is 2.83. The van der Waals surface area contributed by atoms with Gasteiger partial charge in [0.15, 0.2) is 0 Å². The molecule has 2 rings (SSSR count). The second-order valence-electron chi connectivity index (χ2n) is 7.54. The summed E-state index contributed by atoms with van der Waals surface area (Å²) < 4.78 is 5.70. The Morgan fingerprint density at radius 1 is 1.05 bits per heavy atom. The van der Waals surface area contributed by atoms with Crippen LogP contribution in [0.25, 0.3) is 11.5 Å². The summed E-state index contributed by atoms with van der Waals surface area (Å²) in [6.45, 7) is 13.8. The Balaban J connectivity index is 2.26. The predicted octanol–water partition coefficient (Wildman–Crippen LogP) is 4.53. The molecule has 1 aromatic heterocycles. The summed E-state index contributed by atoms with van der Waals surface area (Å²) in [5.74, 6) is 0.700. The Morgan fingerprint density at radius 3 is 2.33 bits per heavy atom. The maximum Gasteiger partial charge on any atom is 0.226 e. The summed E-state index contributed by atoms with van der Waals surface area (Å²) in [7, 11) is 0.